The second kappa shape index (κ2) is 6.19. The summed E-state index contributed by atoms with van der Waals surface area (Å²) in [6.07, 6.45) is 0.759. The molecule has 0 aliphatic heterocycles. The lowest BCUT2D eigenvalue weighted by atomic mass is 10.3. The Labute approximate surface area is 115 Å². The van der Waals surface area contributed by atoms with E-state index in [9.17, 15) is 4.79 Å². The van der Waals surface area contributed by atoms with Crippen molar-refractivity contribution in [1.29, 1.82) is 0 Å². The lowest BCUT2D eigenvalue weighted by Gasteiger charge is -2.14. The number of amides is 1. The van der Waals surface area contributed by atoms with Gasteiger partial charge in [-0.3, -0.25) is 9.89 Å². The standard InChI is InChI=1S/C12H13ClN4O2/c1-8(19-10-4-2-3-9(13)5-10)12(18)14-6-11-15-7-16-17-11/h2-5,7-8H,6H2,1H3,(H,14,18)(H,15,16,17). The molecular weight excluding hydrogens is 268 g/mol. The maximum atomic E-state index is 11.8. The maximum Gasteiger partial charge on any atom is 0.261 e. The molecule has 1 heterocycles. The molecule has 0 bridgehead atoms. The van der Waals surface area contributed by atoms with Crippen molar-refractivity contribution in [3.63, 3.8) is 0 Å². The summed E-state index contributed by atoms with van der Waals surface area (Å²) < 4.78 is 5.48. The number of hydrogen-bond acceptors (Lipinski definition) is 4. The van der Waals surface area contributed by atoms with Gasteiger partial charge in [0, 0.05) is 5.02 Å². The van der Waals surface area contributed by atoms with Gasteiger partial charge in [-0.15, -0.1) is 0 Å². The molecule has 2 N–H and O–H groups in total. The molecule has 0 aliphatic carbocycles. The third-order valence-corrected chi connectivity index (χ3v) is 2.61. The minimum atomic E-state index is -0.624. The first-order chi connectivity index (χ1) is 9.15. The SMILES string of the molecule is CC(Oc1cccc(Cl)c1)C(=O)NCc1ncn[nH]1. The Kier molecular flexibility index (Phi) is 4.35. The molecule has 0 saturated heterocycles. The van der Waals surface area contributed by atoms with E-state index in [1.165, 1.54) is 6.33 Å². The summed E-state index contributed by atoms with van der Waals surface area (Å²) in [5, 5.41) is 9.59. The first-order valence-electron chi connectivity index (χ1n) is 5.69. The molecule has 1 amide bonds. The van der Waals surface area contributed by atoms with Gasteiger partial charge in [0.1, 0.15) is 17.9 Å². The quantitative estimate of drug-likeness (QED) is 0.871. The Morgan fingerprint density at radius 2 is 2.42 bits per heavy atom. The second-order valence-corrected chi connectivity index (χ2v) is 4.30. The minimum Gasteiger partial charge on any atom is -0.481 e. The summed E-state index contributed by atoms with van der Waals surface area (Å²) in [5.74, 6) is 0.898. The van der Waals surface area contributed by atoms with Crippen molar-refractivity contribution >= 4 is 17.5 Å². The van der Waals surface area contributed by atoms with E-state index in [1.54, 1.807) is 31.2 Å². The van der Waals surface area contributed by atoms with Crippen LogP contribution in [-0.2, 0) is 11.3 Å². The van der Waals surface area contributed by atoms with E-state index in [1.807, 2.05) is 0 Å². The first kappa shape index (κ1) is 13.4. The van der Waals surface area contributed by atoms with Crippen LogP contribution in [0.2, 0.25) is 5.02 Å². The molecule has 19 heavy (non-hydrogen) atoms. The van der Waals surface area contributed by atoms with Gasteiger partial charge in [0.25, 0.3) is 5.91 Å². The minimum absolute atomic E-state index is 0.239. The summed E-state index contributed by atoms with van der Waals surface area (Å²) in [6.45, 7) is 1.94. The molecule has 1 aromatic carbocycles. The van der Waals surface area contributed by atoms with Crippen LogP contribution in [0.3, 0.4) is 0 Å². The van der Waals surface area contributed by atoms with Gasteiger partial charge in [-0.2, -0.15) is 5.10 Å². The maximum absolute atomic E-state index is 11.8. The molecule has 0 spiro atoms. The number of carbonyl (C=O) groups is 1. The average Bonchev–Trinajstić information content (AvgIpc) is 2.89. The molecule has 100 valence electrons. The lowest BCUT2D eigenvalue weighted by molar-refractivity contribution is -0.127. The number of carbonyl (C=O) groups excluding carboxylic acids is 1. The molecule has 2 aromatic rings. The van der Waals surface area contributed by atoms with Crippen LogP contribution in [0.5, 0.6) is 5.75 Å². The highest BCUT2D eigenvalue weighted by atomic mass is 35.5. The van der Waals surface area contributed by atoms with Crippen molar-refractivity contribution < 1.29 is 9.53 Å². The van der Waals surface area contributed by atoms with Crippen LogP contribution in [0.4, 0.5) is 0 Å². The number of H-pyrrole nitrogens is 1. The molecule has 6 nitrogen and oxygen atoms in total. The van der Waals surface area contributed by atoms with Crippen LogP contribution in [-0.4, -0.2) is 27.2 Å². The summed E-state index contributed by atoms with van der Waals surface area (Å²) in [7, 11) is 0. The van der Waals surface area contributed by atoms with E-state index in [2.05, 4.69) is 20.5 Å². The van der Waals surface area contributed by atoms with E-state index in [4.69, 9.17) is 16.3 Å². The van der Waals surface area contributed by atoms with E-state index in [-0.39, 0.29) is 12.5 Å². The molecule has 0 saturated carbocycles. The molecule has 1 aromatic heterocycles. The number of aromatic amines is 1. The van der Waals surface area contributed by atoms with Gasteiger partial charge in [-0.05, 0) is 25.1 Å². The Hall–Kier alpha value is -2.08. The van der Waals surface area contributed by atoms with Crippen LogP contribution < -0.4 is 10.1 Å². The molecule has 0 aliphatic rings. The van der Waals surface area contributed by atoms with Crippen LogP contribution >= 0.6 is 11.6 Å². The van der Waals surface area contributed by atoms with Crippen LogP contribution in [0.15, 0.2) is 30.6 Å². The van der Waals surface area contributed by atoms with E-state index in [0.717, 1.165) is 0 Å². The van der Waals surface area contributed by atoms with Crippen molar-refractivity contribution in [3.05, 3.63) is 41.4 Å². The zero-order valence-electron chi connectivity index (χ0n) is 10.3. The zero-order valence-corrected chi connectivity index (χ0v) is 11.0. The Morgan fingerprint density at radius 1 is 1.58 bits per heavy atom. The predicted molar refractivity (Wildman–Crippen MR) is 69.8 cm³/mol. The highest BCUT2D eigenvalue weighted by Gasteiger charge is 2.14. The molecule has 0 fully saturated rings. The number of ether oxygens (including phenoxy) is 1. The van der Waals surface area contributed by atoms with Crippen molar-refractivity contribution in [2.45, 2.75) is 19.6 Å². The van der Waals surface area contributed by atoms with Crippen molar-refractivity contribution in [1.82, 2.24) is 20.5 Å². The monoisotopic (exact) mass is 280 g/mol. The number of rotatable bonds is 5. The van der Waals surface area contributed by atoms with Crippen LogP contribution in [0, 0.1) is 0 Å². The summed E-state index contributed by atoms with van der Waals surface area (Å²) in [5.41, 5.74) is 0. The number of aromatic nitrogens is 3. The number of nitrogens with one attached hydrogen (secondary N) is 2. The fourth-order valence-corrected chi connectivity index (χ4v) is 1.61. The Balaban J connectivity index is 1.85. The highest BCUT2D eigenvalue weighted by molar-refractivity contribution is 6.30. The third kappa shape index (κ3) is 3.96. The molecular formula is C12H13ClN4O2. The predicted octanol–water partition coefficient (Wildman–Crippen LogP) is 1.54. The molecule has 1 atom stereocenters. The second-order valence-electron chi connectivity index (χ2n) is 3.87. The summed E-state index contributed by atoms with van der Waals surface area (Å²) in [4.78, 5) is 15.7. The van der Waals surface area contributed by atoms with Gasteiger partial charge in [-0.1, -0.05) is 17.7 Å². The van der Waals surface area contributed by atoms with Crippen molar-refractivity contribution in [2.75, 3.05) is 0 Å². The van der Waals surface area contributed by atoms with Gasteiger partial charge in [-0.25, -0.2) is 4.98 Å². The topological polar surface area (TPSA) is 79.9 Å². The fraction of sp³-hybridized carbons (Fsp3) is 0.250. The number of nitrogens with zero attached hydrogens (tertiary/aromatic N) is 2. The smallest absolute Gasteiger partial charge is 0.261 e. The Bertz CT molecular complexity index is 544. The lowest BCUT2D eigenvalue weighted by Crippen LogP contribution is -2.36. The van der Waals surface area contributed by atoms with Gasteiger partial charge in [0.05, 0.1) is 6.54 Å². The zero-order chi connectivity index (χ0) is 13.7. The van der Waals surface area contributed by atoms with Crippen LogP contribution in [0.25, 0.3) is 0 Å². The van der Waals surface area contributed by atoms with Gasteiger partial charge >= 0.3 is 0 Å². The number of benzene rings is 1. The van der Waals surface area contributed by atoms with Gasteiger partial charge < -0.3 is 10.1 Å². The highest BCUT2D eigenvalue weighted by Crippen LogP contribution is 2.18. The summed E-state index contributed by atoms with van der Waals surface area (Å²) >= 11 is 5.84. The van der Waals surface area contributed by atoms with Gasteiger partial charge in [0.2, 0.25) is 0 Å². The number of hydrogen-bond donors (Lipinski definition) is 2. The molecule has 2 rings (SSSR count). The fourth-order valence-electron chi connectivity index (χ4n) is 1.43. The Morgan fingerprint density at radius 3 is 3.11 bits per heavy atom. The first-order valence-corrected chi connectivity index (χ1v) is 6.07. The average molecular weight is 281 g/mol. The van der Waals surface area contributed by atoms with Crippen LogP contribution in [0.1, 0.15) is 12.7 Å². The molecule has 1 unspecified atom stereocenters. The van der Waals surface area contributed by atoms with E-state index >= 15 is 0 Å². The number of halogens is 1. The molecule has 0 radical (unpaired) electrons. The van der Waals surface area contributed by atoms with Crippen molar-refractivity contribution in [3.8, 4) is 5.75 Å². The largest absolute Gasteiger partial charge is 0.481 e. The summed E-state index contributed by atoms with van der Waals surface area (Å²) in [6, 6.07) is 6.90. The third-order valence-electron chi connectivity index (χ3n) is 2.37. The normalized spacial score (nSPS) is 11.9. The molecule has 7 heteroatoms. The van der Waals surface area contributed by atoms with E-state index in [0.29, 0.717) is 16.6 Å². The van der Waals surface area contributed by atoms with Gasteiger partial charge in [0.15, 0.2) is 6.10 Å². The van der Waals surface area contributed by atoms with E-state index < -0.39 is 6.10 Å². The van der Waals surface area contributed by atoms with Crippen molar-refractivity contribution in [2.24, 2.45) is 0 Å².